The Balaban J connectivity index is 1.60. The molecule has 24 heavy (non-hydrogen) atoms. The number of piperazine rings is 1. The number of anilines is 1. The first kappa shape index (κ1) is 16.2. The number of carbonyl (C=O) groups is 3. The molecule has 0 aliphatic carbocycles. The standard InChI is InChI=1S/C16H19FN4O3/c17-11-3-1-2-4-13(11)20-7-9-21(10-8-20)15(23)12-5-6-14(22)19-16(24)18-12/h1-4,12H,5-10H2,(H2,18,19,22,24)/t12-/m0/s1. The molecule has 8 heteroatoms. The number of hydrogen-bond acceptors (Lipinski definition) is 4. The van der Waals surface area contributed by atoms with Crippen LogP contribution < -0.4 is 15.5 Å². The summed E-state index contributed by atoms with van der Waals surface area (Å²) in [4.78, 5) is 38.9. The minimum absolute atomic E-state index is 0.129. The highest BCUT2D eigenvalue weighted by molar-refractivity contribution is 5.98. The molecule has 1 aromatic carbocycles. The van der Waals surface area contributed by atoms with Crippen molar-refractivity contribution >= 4 is 23.5 Å². The third kappa shape index (κ3) is 3.47. The van der Waals surface area contributed by atoms with Crippen molar-refractivity contribution in [3.8, 4) is 0 Å². The Bertz CT molecular complexity index is 658. The number of nitrogens with one attached hydrogen (secondary N) is 2. The first-order valence-corrected chi connectivity index (χ1v) is 7.93. The Morgan fingerprint density at radius 2 is 1.83 bits per heavy atom. The second kappa shape index (κ2) is 6.86. The minimum atomic E-state index is -0.698. The fourth-order valence-electron chi connectivity index (χ4n) is 3.01. The molecule has 4 amide bonds. The lowest BCUT2D eigenvalue weighted by molar-refractivity contribution is -0.133. The number of amides is 4. The zero-order chi connectivity index (χ0) is 17.1. The molecule has 0 radical (unpaired) electrons. The zero-order valence-electron chi connectivity index (χ0n) is 13.1. The first-order chi connectivity index (χ1) is 11.5. The van der Waals surface area contributed by atoms with Gasteiger partial charge in [0.25, 0.3) is 0 Å². The minimum Gasteiger partial charge on any atom is -0.366 e. The van der Waals surface area contributed by atoms with Crippen LogP contribution in [0.5, 0.6) is 0 Å². The summed E-state index contributed by atoms with van der Waals surface area (Å²) in [5, 5.41) is 4.68. The average molecular weight is 334 g/mol. The molecule has 128 valence electrons. The summed E-state index contributed by atoms with van der Waals surface area (Å²) in [6.07, 6.45) is 0.411. The van der Waals surface area contributed by atoms with Crippen LogP contribution in [-0.4, -0.2) is 55.0 Å². The van der Waals surface area contributed by atoms with Gasteiger partial charge >= 0.3 is 6.03 Å². The van der Waals surface area contributed by atoms with Crippen LogP contribution in [0.4, 0.5) is 14.9 Å². The van der Waals surface area contributed by atoms with Gasteiger partial charge < -0.3 is 15.1 Å². The Hall–Kier alpha value is -2.64. The molecule has 0 saturated carbocycles. The second-order valence-electron chi connectivity index (χ2n) is 5.88. The van der Waals surface area contributed by atoms with Crippen molar-refractivity contribution in [1.29, 1.82) is 0 Å². The summed E-state index contributed by atoms with van der Waals surface area (Å²) < 4.78 is 13.8. The van der Waals surface area contributed by atoms with Crippen molar-refractivity contribution in [2.24, 2.45) is 0 Å². The molecule has 2 N–H and O–H groups in total. The van der Waals surface area contributed by atoms with Crippen molar-refractivity contribution in [2.75, 3.05) is 31.1 Å². The Morgan fingerprint density at radius 1 is 1.12 bits per heavy atom. The average Bonchev–Trinajstić information content (AvgIpc) is 2.75. The fourth-order valence-corrected chi connectivity index (χ4v) is 3.01. The van der Waals surface area contributed by atoms with E-state index in [9.17, 15) is 18.8 Å². The van der Waals surface area contributed by atoms with E-state index in [0.29, 0.717) is 31.9 Å². The summed E-state index contributed by atoms with van der Waals surface area (Å²) in [6, 6.07) is 5.22. The molecule has 0 aromatic heterocycles. The molecule has 0 bridgehead atoms. The highest BCUT2D eigenvalue weighted by Crippen LogP contribution is 2.20. The highest BCUT2D eigenvalue weighted by Gasteiger charge is 2.31. The Labute approximate surface area is 138 Å². The van der Waals surface area contributed by atoms with Crippen molar-refractivity contribution in [3.05, 3.63) is 30.1 Å². The third-order valence-corrected chi connectivity index (χ3v) is 4.30. The van der Waals surface area contributed by atoms with Gasteiger partial charge in [-0.1, -0.05) is 12.1 Å². The number of rotatable bonds is 2. The molecule has 2 fully saturated rings. The molecule has 3 rings (SSSR count). The molecule has 1 aromatic rings. The summed E-state index contributed by atoms with van der Waals surface area (Å²) in [7, 11) is 0. The number of carbonyl (C=O) groups excluding carboxylic acids is 3. The molecule has 2 aliphatic rings. The van der Waals surface area contributed by atoms with Crippen LogP contribution in [0.15, 0.2) is 24.3 Å². The van der Waals surface area contributed by atoms with Gasteiger partial charge in [-0.3, -0.25) is 14.9 Å². The topological polar surface area (TPSA) is 81.8 Å². The number of para-hydroxylation sites is 1. The van der Waals surface area contributed by atoms with E-state index >= 15 is 0 Å². The summed E-state index contributed by atoms with van der Waals surface area (Å²) in [6.45, 7) is 1.93. The van der Waals surface area contributed by atoms with E-state index in [4.69, 9.17) is 0 Å². The Kier molecular flexibility index (Phi) is 4.64. The SMILES string of the molecule is O=C1CC[C@@H](C(=O)N2CCN(c3ccccc3F)CC2)NC(=O)N1. The van der Waals surface area contributed by atoms with Gasteiger partial charge in [0.1, 0.15) is 11.9 Å². The van der Waals surface area contributed by atoms with Gasteiger partial charge in [-0.2, -0.15) is 0 Å². The fraction of sp³-hybridized carbons (Fsp3) is 0.438. The molecule has 2 aliphatic heterocycles. The summed E-state index contributed by atoms with van der Waals surface area (Å²) in [5.41, 5.74) is 0.530. The van der Waals surface area contributed by atoms with Gasteiger partial charge in [0.15, 0.2) is 0 Å². The number of nitrogens with zero attached hydrogens (tertiary/aromatic N) is 2. The van der Waals surface area contributed by atoms with E-state index in [1.165, 1.54) is 6.07 Å². The second-order valence-corrected chi connectivity index (χ2v) is 5.88. The largest absolute Gasteiger partial charge is 0.366 e. The normalized spacial score (nSPS) is 21.8. The van der Waals surface area contributed by atoms with E-state index in [1.54, 1.807) is 23.1 Å². The molecule has 0 spiro atoms. The summed E-state index contributed by atoms with van der Waals surface area (Å²) in [5.74, 6) is -0.863. The quantitative estimate of drug-likeness (QED) is 0.823. The van der Waals surface area contributed by atoms with Crippen molar-refractivity contribution in [2.45, 2.75) is 18.9 Å². The number of halogens is 1. The van der Waals surface area contributed by atoms with Crippen LogP contribution in [0.3, 0.4) is 0 Å². The van der Waals surface area contributed by atoms with Crippen LogP contribution in [0.2, 0.25) is 0 Å². The lowest BCUT2D eigenvalue weighted by Crippen LogP contribution is -2.55. The van der Waals surface area contributed by atoms with E-state index in [1.807, 2.05) is 4.90 Å². The van der Waals surface area contributed by atoms with Gasteiger partial charge in [-0.15, -0.1) is 0 Å². The van der Waals surface area contributed by atoms with Gasteiger partial charge in [-0.25, -0.2) is 9.18 Å². The molecule has 7 nitrogen and oxygen atoms in total. The maximum atomic E-state index is 13.8. The van der Waals surface area contributed by atoms with Crippen molar-refractivity contribution in [1.82, 2.24) is 15.5 Å². The van der Waals surface area contributed by atoms with Crippen molar-refractivity contribution < 1.29 is 18.8 Å². The van der Waals surface area contributed by atoms with E-state index < -0.39 is 12.1 Å². The molecule has 1 atom stereocenters. The predicted octanol–water partition coefficient (Wildman–Crippen LogP) is 0.462. The number of urea groups is 1. The monoisotopic (exact) mass is 334 g/mol. The molecule has 2 saturated heterocycles. The first-order valence-electron chi connectivity index (χ1n) is 7.93. The van der Waals surface area contributed by atoms with E-state index in [2.05, 4.69) is 10.6 Å². The Morgan fingerprint density at radius 3 is 2.54 bits per heavy atom. The van der Waals surface area contributed by atoms with Crippen LogP contribution >= 0.6 is 0 Å². The maximum Gasteiger partial charge on any atom is 0.322 e. The maximum absolute atomic E-state index is 13.8. The third-order valence-electron chi connectivity index (χ3n) is 4.30. The number of imide groups is 1. The van der Waals surface area contributed by atoms with Crippen LogP contribution in [0.1, 0.15) is 12.8 Å². The van der Waals surface area contributed by atoms with Crippen LogP contribution in [0, 0.1) is 5.82 Å². The van der Waals surface area contributed by atoms with Gasteiger partial charge in [0.2, 0.25) is 11.8 Å². The van der Waals surface area contributed by atoms with Gasteiger partial charge in [0.05, 0.1) is 5.69 Å². The summed E-state index contributed by atoms with van der Waals surface area (Å²) >= 11 is 0. The van der Waals surface area contributed by atoms with E-state index in [0.717, 1.165) is 0 Å². The smallest absolute Gasteiger partial charge is 0.322 e. The molecular weight excluding hydrogens is 315 g/mol. The highest BCUT2D eigenvalue weighted by atomic mass is 19.1. The lowest BCUT2D eigenvalue weighted by Gasteiger charge is -2.37. The number of benzene rings is 1. The van der Waals surface area contributed by atoms with Gasteiger partial charge in [-0.05, 0) is 18.6 Å². The van der Waals surface area contributed by atoms with Crippen LogP contribution in [0.25, 0.3) is 0 Å². The lowest BCUT2D eigenvalue weighted by atomic mass is 10.1. The predicted molar refractivity (Wildman–Crippen MR) is 84.9 cm³/mol. The molecule has 0 unspecified atom stereocenters. The zero-order valence-corrected chi connectivity index (χ0v) is 13.1. The van der Waals surface area contributed by atoms with Crippen molar-refractivity contribution in [3.63, 3.8) is 0 Å². The number of hydrogen-bond donors (Lipinski definition) is 2. The van der Waals surface area contributed by atoms with E-state index in [-0.39, 0.29) is 30.5 Å². The van der Waals surface area contributed by atoms with Crippen LogP contribution in [-0.2, 0) is 9.59 Å². The molecule has 2 heterocycles. The van der Waals surface area contributed by atoms with Gasteiger partial charge in [0, 0.05) is 32.6 Å². The molecular formula is C16H19FN4O3.